The fraction of sp³-hybridized carbons (Fsp3) is 0.368. The first-order chi connectivity index (χ1) is 13.3. The van der Waals surface area contributed by atoms with E-state index >= 15 is 0 Å². The number of carbonyl (C=O) groups is 1. The Kier molecular flexibility index (Phi) is 4.82. The van der Waals surface area contributed by atoms with Crippen LogP contribution in [0.4, 0.5) is 19.0 Å². The molecular formula is C19H18ClF3N3O2+. The number of pyridine rings is 1. The molecule has 0 saturated carbocycles. The van der Waals surface area contributed by atoms with Crippen molar-refractivity contribution >= 4 is 23.3 Å². The second-order valence-electron chi connectivity index (χ2n) is 6.81. The molecule has 0 bridgehead atoms. The lowest BCUT2D eigenvalue weighted by Gasteiger charge is -2.32. The molecule has 0 unspecified atom stereocenters. The van der Waals surface area contributed by atoms with Gasteiger partial charge < -0.3 is 9.64 Å². The Labute approximate surface area is 164 Å². The van der Waals surface area contributed by atoms with E-state index in [0.29, 0.717) is 38.4 Å². The van der Waals surface area contributed by atoms with Gasteiger partial charge in [-0.1, -0.05) is 29.8 Å². The molecule has 5 nitrogen and oxygen atoms in total. The number of halogens is 4. The van der Waals surface area contributed by atoms with Crippen molar-refractivity contribution in [2.45, 2.75) is 18.7 Å². The van der Waals surface area contributed by atoms with E-state index in [-0.39, 0.29) is 10.9 Å². The predicted molar refractivity (Wildman–Crippen MR) is 96.4 cm³/mol. The third-order valence-electron chi connectivity index (χ3n) is 5.03. The lowest BCUT2D eigenvalue weighted by molar-refractivity contribution is -0.367. The van der Waals surface area contributed by atoms with E-state index in [9.17, 15) is 18.0 Å². The molecular weight excluding hydrogens is 395 g/mol. The van der Waals surface area contributed by atoms with Gasteiger partial charge in [-0.05, 0) is 17.7 Å². The lowest BCUT2D eigenvalue weighted by Crippen LogP contribution is -2.53. The number of nitrogens with zero attached hydrogens (tertiary/aromatic N) is 2. The number of para-hydroxylation sites is 1. The molecule has 148 valence electrons. The van der Waals surface area contributed by atoms with E-state index < -0.39 is 17.8 Å². The van der Waals surface area contributed by atoms with Crippen molar-refractivity contribution in [3.05, 3.63) is 52.7 Å². The fourth-order valence-electron chi connectivity index (χ4n) is 3.54. The van der Waals surface area contributed by atoms with Gasteiger partial charge in [-0.15, -0.1) is 0 Å². The number of hydrogen-bond acceptors (Lipinski definition) is 3. The van der Waals surface area contributed by atoms with E-state index in [1.807, 2.05) is 29.2 Å². The molecule has 1 atom stereocenters. The topological polar surface area (TPSA) is 46.9 Å². The minimum absolute atomic E-state index is 0.00387. The third-order valence-corrected chi connectivity index (χ3v) is 5.32. The molecule has 0 radical (unpaired) electrons. The van der Waals surface area contributed by atoms with Crippen LogP contribution < -0.4 is 14.6 Å². The normalized spacial score (nSPS) is 19.4. The number of H-pyrrole nitrogens is 1. The number of rotatable bonds is 2. The number of aromatic nitrogens is 1. The van der Waals surface area contributed by atoms with Crippen LogP contribution in [0.3, 0.4) is 0 Å². The maximum atomic E-state index is 12.8. The summed E-state index contributed by atoms with van der Waals surface area (Å²) in [5.74, 6) is 1.09. The van der Waals surface area contributed by atoms with Crippen molar-refractivity contribution in [3.8, 4) is 5.75 Å². The molecule has 1 saturated heterocycles. The summed E-state index contributed by atoms with van der Waals surface area (Å²) in [4.78, 5) is 19.0. The highest BCUT2D eigenvalue weighted by Gasteiger charge is 2.37. The van der Waals surface area contributed by atoms with Crippen molar-refractivity contribution in [2.24, 2.45) is 0 Å². The molecule has 1 aromatic heterocycles. The number of anilines is 1. The predicted octanol–water partition coefficient (Wildman–Crippen LogP) is 2.83. The smallest absolute Gasteiger partial charge is 0.419 e. The number of nitrogens with one attached hydrogen (secondary N) is 1. The number of aromatic amines is 1. The maximum absolute atomic E-state index is 12.8. The zero-order valence-corrected chi connectivity index (χ0v) is 15.6. The van der Waals surface area contributed by atoms with Gasteiger partial charge in [0.05, 0.1) is 18.7 Å². The second kappa shape index (κ2) is 7.16. The molecule has 3 heterocycles. The molecule has 9 heteroatoms. The summed E-state index contributed by atoms with van der Waals surface area (Å²) in [6.45, 7) is 1.82. The minimum Gasteiger partial charge on any atom is -0.480 e. The summed E-state index contributed by atoms with van der Waals surface area (Å²) in [7, 11) is 0. The van der Waals surface area contributed by atoms with Crippen LogP contribution in [0.25, 0.3) is 0 Å². The SMILES string of the molecule is O=C([C@@H]1Cc2ccccc2O1)N1CCN(c2[nH+]cc(C(F)(F)F)cc2Cl)CC1. The zero-order valence-electron chi connectivity index (χ0n) is 14.8. The van der Waals surface area contributed by atoms with Crippen LogP contribution in [0.2, 0.25) is 5.02 Å². The standard InChI is InChI=1S/C19H17ClF3N3O2/c20-14-10-13(19(21,22)23)11-24-17(14)25-5-7-26(8-6-25)18(27)16-9-12-3-1-2-4-15(12)28-16/h1-4,10-11,16H,5-9H2/p+1/t16-/m0/s1. The molecule has 1 aromatic carbocycles. The Balaban J connectivity index is 1.38. The van der Waals surface area contributed by atoms with Gasteiger partial charge in [-0.2, -0.15) is 13.2 Å². The second-order valence-corrected chi connectivity index (χ2v) is 7.22. The Morgan fingerprint density at radius 3 is 2.54 bits per heavy atom. The summed E-state index contributed by atoms with van der Waals surface area (Å²) >= 11 is 6.05. The fourth-order valence-corrected chi connectivity index (χ4v) is 3.83. The van der Waals surface area contributed by atoms with Crippen molar-refractivity contribution in [2.75, 3.05) is 31.1 Å². The quantitative estimate of drug-likeness (QED) is 0.762. The van der Waals surface area contributed by atoms with Crippen molar-refractivity contribution < 1.29 is 27.7 Å². The zero-order chi connectivity index (χ0) is 19.9. The number of piperazine rings is 1. The number of fused-ring (bicyclic) bond motifs is 1. The van der Waals surface area contributed by atoms with Crippen molar-refractivity contribution in [1.29, 1.82) is 0 Å². The van der Waals surface area contributed by atoms with Crippen LogP contribution in [0, 0.1) is 0 Å². The van der Waals surface area contributed by atoms with Crippen LogP contribution >= 0.6 is 11.6 Å². The van der Waals surface area contributed by atoms with Gasteiger partial charge in [0, 0.05) is 6.42 Å². The van der Waals surface area contributed by atoms with Crippen LogP contribution in [-0.2, 0) is 17.4 Å². The van der Waals surface area contributed by atoms with Gasteiger partial charge >= 0.3 is 6.18 Å². The van der Waals surface area contributed by atoms with Gasteiger partial charge in [0.25, 0.3) is 11.7 Å². The Bertz CT molecular complexity index is 873. The van der Waals surface area contributed by atoms with Crippen molar-refractivity contribution in [1.82, 2.24) is 4.90 Å². The first-order valence-corrected chi connectivity index (χ1v) is 9.27. The monoisotopic (exact) mass is 412 g/mol. The lowest BCUT2D eigenvalue weighted by atomic mass is 10.1. The van der Waals surface area contributed by atoms with Gasteiger partial charge in [0.2, 0.25) is 0 Å². The number of alkyl halides is 3. The van der Waals surface area contributed by atoms with E-state index in [1.165, 1.54) is 0 Å². The van der Waals surface area contributed by atoms with E-state index in [0.717, 1.165) is 23.6 Å². The molecule has 28 heavy (non-hydrogen) atoms. The van der Waals surface area contributed by atoms with E-state index in [4.69, 9.17) is 16.3 Å². The molecule has 1 fully saturated rings. The molecule has 4 rings (SSSR count). The highest BCUT2D eigenvalue weighted by Crippen LogP contribution is 2.33. The van der Waals surface area contributed by atoms with Crippen LogP contribution in [-0.4, -0.2) is 43.1 Å². The summed E-state index contributed by atoms with van der Waals surface area (Å²) in [6.07, 6.45) is -3.52. The maximum Gasteiger partial charge on any atom is 0.419 e. The molecule has 0 spiro atoms. The third kappa shape index (κ3) is 3.61. The largest absolute Gasteiger partial charge is 0.480 e. The van der Waals surface area contributed by atoms with E-state index in [1.54, 1.807) is 4.90 Å². The van der Waals surface area contributed by atoms with Crippen LogP contribution in [0.15, 0.2) is 36.5 Å². The van der Waals surface area contributed by atoms with Gasteiger partial charge in [0.1, 0.15) is 30.1 Å². The number of ether oxygens (including phenoxy) is 1. The molecule has 0 aliphatic carbocycles. The van der Waals surface area contributed by atoms with Gasteiger partial charge in [0.15, 0.2) is 6.10 Å². The Morgan fingerprint density at radius 2 is 1.89 bits per heavy atom. The Hall–Kier alpha value is -2.48. The summed E-state index contributed by atoms with van der Waals surface area (Å²) in [5.41, 5.74) is 0.193. The first kappa shape index (κ1) is 18.9. The number of hydrogen-bond donors (Lipinski definition) is 0. The number of carbonyl (C=O) groups excluding carboxylic acids is 1. The van der Waals surface area contributed by atoms with Crippen molar-refractivity contribution in [3.63, 3.8) is 0 Å². The first-order valence-electron chi connectivity index (χ1n) is 8.89. The highest BCUT2D eigenvalue weighted by molar-refractivity contribution is 6.32. The van der Waals surface area contributed by atoms with Gasteiger partial charge in [-0.3, -0.25) is 9.69 Å². The summed E-state index contributed by atoms with van der Waals surface area (Å²) in [5, 5.41) is 0.00387. The van der Waals surface area contributed by atoms with Gasteiger partial charge in [-0.25, -0.2) is 4.98 Å². The average Bonchev–Trinajstić information content (AvgIpc) is 3.11. The average molecular weight is 413 g/mol. The molecule has 2 aliphatic heterocycles. The molecule has 2 aromatic rings. The van der Waals surface area contributed by atoms with Crippen LogP contribution in [0.5, 0.6) is 5.75 Å². The number of benzene rings is 1. The van der Waals surface area contributed by atoms with Crippen LogP contribution in [0.1, 0.15) is 11.1 Å². The molecule has 1 amide bonds. The highest BCUT2D eigenvalue weighted by atomic mass is 35.5. The molecule has 2 aliphatic rings. The Morgan fingerprint density at radius 1 is 1.18 bits per heavy atom. The minimum atomic E-state index is -4.46. The molecule has 1 N–H and O–H groups in total. The summed E-state index contributed by atoms with van der Waals surface area (Å²) in [6, 6.07) is 8.49. The van der Waals surface area contributed by atoms with E-state index in [2.05, 4.69) is 4.98 Å². The number of amides is 1. The summed E-state index contributed by atoms with van der Waals surface area (Å²) < 4.78 is 44.1.